The third-order valence-electron chi connectivity index (χ3n) is 4.09. The summed E-state index contributed by atoms with van der Waals surface area (Å²) in [5.41, 5.74) is 0.864. The first-order chi connectivity index (χ1) is 14.8. The van der Waals surface area contributed by atoms with Crippen LogP contribution in [0.5, 0.6) is 11.5 Å². The number of carbonyl (C=O) groups excluding carboxylic acids is 2. The molecule has 7 nitrogen and oxygen atoms in total. The number of halogens is 3. The molecule has 0 bridgehead atoms. The molecular weight excluding hydrogens is 432 g/mol. The van der Waals surface area contributed by atoms with Crippen molar-refractivity contribution in [2.24, 2.45) is 0 Å². The molecule has 0 aliphatic rings. The number of alkyl halides is 2. The molecule has 2 aromatic rings. The van der Waals surface area contributed by atoms with Gasteiger partial charge in [-0.05, 0) is 43.3 Å². The van der Waals surface area contributed by atoms with E-state index in [-0.39, 0.29) is 35.7 Å². The van der Waals surface area contributed by atoms with Gasteiger partial charge in [0.1, 0.15) is 11.5 Å². The first-order valence-electron chi connectivity index (χ1n) is 9.51. The molecule has 0 atom stereocenters. The van der Waals surface area contributed by atoms with Crippen LogP contribution in [-0.4, -0.2) is 50.1 Å². The van der Waals surface area contributed by atoms with E-state index in [1.54, 1.807) is 29.2 Å². The largest absolute Gasteiger partial charge is 0.495 e. The van der Waals surface area contributed by atoms with Crippen molar-refractivity contribution < 1.29 is 27.8 Å². The smallest absolute Gasteiger partial charge is 0.387 e. The molecule has 0 saturated heterocycles. The molecule has 31 heavy (non-hydrogen) atoms. The standard InChI is InChI=1S/C21H24ClF2N3O4/c1-3-10-27(13-20(29)26-16-6-4-5-7-18(16)30-2)12-19(28)25-14-8-9-17(15(22)11-14)31-21(23)24/h4-9,11,21H,3,10,12-13H2,1-2H3,(H,25,28)(H,26,29). The average molecular weight is 456 g/mol. The van der Waals surface area contributed by atoms with Crippen molar-refractivity contribution in [3.8, 4) is 11.5 Å². The van der Waals surface area contributed by atoms with Gasteiger partial charge in [0.05, 0.1) is 30.9 Å². The van der Waals surface area contributed by atoms with Gasteiger partial charge in [-0.25, -0.2) is 0 Å². The van der Waals surface area contributed by atoms with Crippen molar-refractivity contribution in [2.75, 3.05) is 37.4 Å². The lowest BCUT2D eigenvalue weighted by atomic mass is 10.3. The van der Waals surface area contributed by atoms with Crippen molar-refractivity contribution in [2.45, 2.75) is 20.0 Å². The molecule has 0 fully saturated rings. The molecule has 10 heteroatoms. The molecule has 0 radical (unpaired) electrons. The number of para-hydroxylation sites is 2. The molecule has 0 saturated carbocycles. The van der Waals surface area contributed by atoms with Gasteiger partial charge in [-0.3, -0.25) is 14.5 Å². The van der Waals surface area contributed by atoms with Crippen LogP contribution in [-0.2, 0) is 9.59 Å². The van der Waals surface area contributed by atoms with Crippen LogP contribution in [0.25, 0.3) is 0 Å². The van der Waals surface area contributed by atoms with E-state index in [0.29, 0.717) is 23.7 Å². The molecule has 0 aliphatic carbocycles. The Labute approximate surface area is 184 Å². The quantitative estimate of drug-likeness (QED) is 0.530. The van der Waals surface area contributed by atoms with Crippen LogP contribution in [0.1, 0.15) is 13.3 Å². The van der Waals surface area contributed by atoms with Gasteiger partial charge < -0.3 is 20.1 Å². The van der Waals surface area contributed by atoms with Gasteiger partial charge in [0.25, 0.3) is 0 Å². The fraction of sp³-hybridized carbons (Fsp3) is 0.333. The predicted octanol–water partition coefficient (Wildman–Crippen LogP) is 4.24. The van der Waals surface area contributed by atoms with Gasteiger partial charge in [-0.1, -0.05) is 30.7 Å². The number of carbonyl (C=O) groups is 2. The Balaban J connectivity index is 1.95. The molecule has 0 spiro atoms. The number of amides is 2. The number of ether oxygens (including phenoxy) is 2. The first-order valence-corrected chi connectivity index (χ1v) is 9.89. The summed E-state index contributed by atoms with van der Waals surface area (Å²) in [6.45, 7) is -0.580. The second-order valence-corrected chi connectivity index (χ2v) is 6.94. The van der Waals surface area contributed by atoms with E-state index in [1.165, 1.54) is 25.3 Å². The second kappa shape index (κ2) is 12.1. The maximum Gasteiger partial charge on any atom is 0.387 e. The molecule has 0 heterocycles. The van der Waals surface area contributed by atoms with E-state index in [0.717, 1.165) is 6.42 Å². The zero-order valence-electron chi connectivity index (χ0n) is 17.2. The number of nitrogens with one attached hydrogen (secondary N) is 2. The minimum absolute atomic E-state index is 0.00122. The number of hydrogen-bond acceptors (Lipinski definition) is 5. The van der Waals surface area contributed by atoms with Crippen LogP contribution < -0.4 is 20.1 Å². The third kappa shape index (κ3) is 8.03. The monoisotopic (exact) mass is 455 g/mol. The van der Waals surface area contributed by atoms with E-state index in [1.807, 2.05) is 6.92 Å². The lowest BCUT2D eigenvalue weighted by molar-refractivity contribution is -0.120. The highest BCUT2D eigenvalue weighted by Gasteiger charge is 2.16. The average Bonchev–Trinajstić information content (AvgIpc) is 2.70. The summed E-state index contributed by atoms with van der Waals surface area (Å²) >= 11 is 5.90. The minimum Gasteiger partial charge on any atom is -0.495 e. The fourth-order valence-electron chi connectivity index (χ4n) is 2.84. The van der Waals surface area contributed by atoms with Crippen molar-refractivity contribution in [3.05, 3.63) is 47.5 Å². The molecule has 168 valence electrons. The molecule has 2 amide bonds. The summed E-state index contributed by atoms with van der Waals surface area (Å²) in [5.74, 6) is -0.318. The highest BCUT2D eigenvalue weighted by Crippen LogP contribution is 2.29. The Kier molecular flexibility index (Phi) is 9.48. The molecule has 2 N–H and O–H groups in total. The van der Waals surface area contributed by atoms with Crippen molar-refractivity contribution in [3.63, 3.8) is 0 Å². The zero-order chi connectivity index (χ0) is 22.8. The van der Waals surface area contributed by atoms with Gasteiger partial charge in [-0.15, -0.1) is 0 Å². The summed E-state index contributed by atoms with van der Waals surface area (Å²) < 4.78 is 34.1. The maximum absolute atomic E-state index is 12.4. The number of rotatable bonds is 11. The number of anilines is 2. The summed E-state index contributed by atoms with van der Waals surface area (Å²) in [5, 5.41) is 5.35. The Morgan fingerprint density at radius 3 is 2.35 bits per heavy atom. The van der Waals surface area contributed by atoms with Crippen LogP contribution >= 0.6 is 11.6 Å². The van der Waals surface area contributed by atoms with Crippen molar-refractivity contribution >= 4 is 34.8 Å². The van der Waals surface area contributed by atoms with Gasteiger partial charge in [0, 0.05) is 5.69 Å². The van der Waals surface area contributed by atoms with Crippen LogP contribution in [0, 0.1) is 0 Å². The summed E-state index contributed by atoms with van der Waals surface area (Å²) in [7, 11) is 1.51. The highest BCUT2D eigenvalue weighted by molar-refractivity contribution is 6.32. The normalized spacial score (nSPS) is 10.8. The number of nitrogens with zero attached hydrogens (tertiary/aromatic N) is 1. The Hall–Kier alpha value is -2.91. The van der Waals surface area contributed by atoms with E-state index in [2.05, 4.69) is 15.4 Å². The third-order valence-corrected chi connectivity index (χ3v) is 4.38. The van der Waals surface area contributed by atoms with Crippen molar-refractivity contribution in [1.29, 1.82) is 0 Å². The first kappa shape index (κ1) is 24.4. The highest BCUT2D eigenvalue weighted by atomic mass is 35.5. The minimum atomic E-state index is -3.00. The zero-order valence-corrected chi connectivity index (χ0v) is 17.9. The fourth-order valence-corrected chi connectivity index (χ4v) is 3.07. The van der Waals surface area contributed by atoms with Crippen LogP contribution in [0.4, 0.5) is 20.2 Å². The molecular formula is C21H24ClF2N3O4. The van der Waals surface area contributed by atoms with E-state index in [9.17, 15) is 18.4 Å². The lowest BCUT2D eigenvalue weighted by Crippen LogP contribution is -2.39. The molecule has 0 aliphatic heterocycles. The maximum atomic E-state index is 12.4. The van der Waals surface area contributed by atoms with Gasteiger partial charge in [0.15, 0.2) is 0 Å². The SMILES string of the molecule is CCCN(CC(=O)Nc1ccc(OC(F)F)c(Cl)c1)CC(=O)Nc1ccccc1OC. The Bertz CT molecular complexity index is 899. The van der Waals surface area contributed by atoms with Crippen LogP contribution in [0.3, 0.4) is 0 Å². The van der Waals surface area contributed by atoms with Gasteiger partial charge in [0.2, 0.25) is 11.8 Å². The van der Waals surface area contributed by atoms with Gasteiger partial charge >= 0.3 is 6.61 Å². The molecule has 0 unspecified atom stereocenters. The number of benzene rings is 2. The second-order valence-electron chi connectivity index (χ2n) is 6.53. The van der Waals surface area contributed by atoms with Crippen LogP contribution in [0.15, 0.2) is 42.5 Å². The van der Waals surface area contributed by atoms with Gasteiger partial charge in [-0.2, -0.15) is 8.78 Å². The molecule has 2 rings (SSSR count). The predicted molar refractivity (Wildman–Crippen MR) is 115 cm³/mol. The summed E-state index contributed by atoms with van der Waals surface area (Å²) in [6, 6.07) is 11.0. The van der Waals surface area contributed by atoms with Crippen LogP contribution in [0.2, 0.25) is 5.02 Å². The van der Waals surface area contributed by atoms with E-state index in [4.69, 9.17) is 16.3 Å². The Morgan fingerprint density at radius 1 is 1.06 bits per heavy atom. The number of hydrogen-bond donors (Lipinski definition) is 2. The number of methoxy groups -OCH3 is 1. The summed E-state index contributed by atoms with van der Waals surface area (Å²) in [4.78, 5) is 26.5. The van der Waals surface area contributed by atoms with E-state index < -0.39 is 6.61 Å². The summed E-state index contributed by atoms with van der Waals surface area (Å²) in [6.07, 6.45) is 0.737. The van der Waals surface area contributed by atoms with Crippen molar-refractivity contribution in [1.82, 2.24) is 4.90 Å². The molecule has 0 aromatic heterocycles. The molecule has 2 aromatic carbocycles. The Morgan fingerprint density at radius 2 is 1.74 bits per heavy atom. The topological polar surface area (TPSA) is 79.9 Å². The lowest BCUT2D eigenvalue weighted by Gasteiger charge is -2.21. The van der Waals surface area contributed by atoms with E-state index >= 15 is 0 Å².